The van der Waals surface area contributed by atoms with Gasteiger partial charge in [0.2, 0.25) is 0 Å². The van der Waals surface area contributed by atoms with Gasteiger partial charge in [-0.05, 0) is 50.9 Å². The van der Waals surface area contributed by atoms with Gasteiger partial charge < -0.3 is 15.2 Å². The molecule has 1 heterocycles. The van der Waals surface area contributed by atoms with Crippen LogP contribution in [0.4, 0.5) is 0 Å². The third kappa shape index (κ3) is 6.74. The van der Waals surface area contributed by atoms with Gasteiger partial charge >= 0.3 is 5.97 Å². The molecule has 0 bridgehead atoms. The molecule has 146 valence electrons. The Kier molecular flexibility index (Phi) is 9.73. The van der Waals surface area contributed by atoms with Crippen LogP contribution in [0.5, 0.6) is 0 Å². The van der Waals surface area contributed by atoms with Crippen LogP contribution in [-0.4, -0.2) is 30.3 Å². The van der Waals surface area contributed by atoms with E-state index in [-0.39, 0.29) is 30.3 Å². The molecule has 0 aromatic rings. The van der Waals surface area contributed by atoms with Crippen molar-refractivity contribution in [3.8, 4) is 0 Å². The molecule has 4 heteroatoms. The summed E-state index contributed by atoms with van der Waals surface area (Å²) in [5.74, 6) is 0.707. The highest BCUT2D eigenvalue weighted by Gasteiger charge is 2.38. The molecule has 0 aromatic carbocycles. The summed E-state index contributed by atoms with van der Waals surface area (Å²) in [6.45, 7) is 14.2. The summed E-state index contributed by atoms with van der Waals surface area (Å²) in [5.41, 5.74) is 7.75. The molecule has 2 N–H and O–H groups in total. The molecule has 0 aliphatic carbocycles. The summed E-state index contributed by atoms with van der Waals surface area (Å²) >= 11 is 0. The Balaban J connectivity index is 2.79. The molecule has 1 fully saturated rings. The van der Waals surface area contributed by atoms with Crippen molar-refractivity contribution in [2.24, 2.45) is 17.6 Å². The first-order valence-electron chi connectivity index (χ1n) is 10.1. The molecular weight excluding hydrogens is 314 g/mol. The Hall–Kier alpha value is -0.870. The lowest BCUT2D eigenvalue weighted by atomic mass is 9.89. The fourth-order valence-corrected chi connectivity index (χ4v) is 4.10. The number of allylic oxidation sites excluding steroid dienone is 1. The minimum absolute atomic E-state index is 0.0477. The van der Waals surface area contributed by atoms with Gasteiger partial charge in [-0.15, -0.1) is 0 Å². The molecule has 1 aliphatic rings. The van der Waals surface area contributed by atoms with Crippen LogP contribution in [0.2, 0.25) is 0 Å². The van der Waals surface area contributed by atoms with Crippen LogP contribution in [0.3, 0.4) is 0 Å². The lowest BCUT2D eigenvalue weighted by Crippen LogP contribution is -2.46. The Morgan fingerprint density at radius 2 is 1.92 bits per heavy atom. The molecule has 6 unspecified atom stereocenters. The van der Waals surface area contributed by atoms with E-state index in [2.05, 4.69) is 34.3 Å². The molecule has 1 rings (SSSR count). The molecule has 0 radical (unpaired) electrons. The van der Waals surface area contributed by atoms with E-state index in [1.54, 1.807) is 0 Å². The zero-order chi connectivity index (χ0) is 19.0. The van der Waals surface area contributed by atoms with E-state index in [4.69, 9.17) is 15.2 Å². The van der Waals surface area contributed by atoms with Crippen molar-refractivity contribution in [1.29, 1.82) is 0 Å². The van der Waals surface area contributed by atoms with Crippen LogP contribution >= 0.6 is 0 Å². The van der Waals surface area contributed by atoms with E-state index < -0.39 is 0 Å². The number of hydrogen-bond acceptors (Lipinski definition) is 4. The molecule has 0 spiro atoms. The van der Waals surface area contributed by atoms with Crippen LogP contribution in [0.15, 0.2) is 12.2 Å². The highest BCUT2D eigenvalue weighted by molar-refractivity contribution is 5.66. The molecular formula is C21H39NO3. The van der Waals surface area contributed by atoms with E-state index in [1.807, 2.05) is 0 Å². The van der Waals surface area contributed by atoms with E-state index in [0.29, 0.717) is 11.8 Å². The molecule has 0 aromatic heterocycles. The lowest BCUT2D eigenvalue weighted by Gasteiger charge is -2.29. The van der Waals surface area contributed by atoms with E-state index in [0.717, 1.165) is 44.9 Å². The average molecular weight is 354 g/mol. The van der Waals surface area contributed by atoms with Crippen molar-refractivity contribution < 1.29 is 14.3 Å². The maximum atomic E-state index is 11.5. The molecule has 0 amide bonds. The fourth-order valence-electron chi connectivity index (χ4n) is 4.10. The van der Waals surface area contributed by atoms with Crippen molar-refractivity contribution in [1.82, 2.24) is 0 Å². The summed E-state index contributed by atoms with van der Waals surface area (Å²) in [4.78, 5) is 11.5. The van der Waals surface area contributed by atoms with Gasteiger partial charge in [0.05, 0.1) is 18.2 Å². The second kappa shape index (κ2) is 11.0. The van der Waals surface area contributed by atoms with Crippen LogP contribution < -0.4 is 5.73 Å². The first-order valence-corrected chi connectivity index (χ1v) is 10.1. The second-order valence-electron chi connectivity index (χ2n) is 7.63. The van der Waals surface area contributed by atoms with Crippen molar-refractivity contribution in [3.05, 3.63) is 12.2 Å². The Morgan fingerprint density at radius 1 is 1.24 bits per heavy atom. The van der Waals surface area contributed by atoms with Gasteiger partial charge in [0.25, 0.3) is 0 Å². The number of carbonyl (C=O) groups is 1. The predicted octanol–water partition coefficient (Wildman–Crippen LogP) is 4.61. The van der Waals surface area contributed by atoms with Crippen LogP contribution in [0.1, 0.15) is 79.6 Å². The topological polar surface area (TPSA) is 61.5 Å². The Labute approximate surface area is 154 Å². The lowest BCUT2D eigenvalue weighted by molar-refractivity contribution is -0.148. The maximum Gasteiger partial charge on any atom is 0.302 e. The minimum Gasteiger partial charge on any atom is -0.461 e. The average Bonchev–Trinajstić information content (AvgIpc) is 2.68. The summed E-state index contributed by atoms with van der Waals surface area (Å²) < 4.78 is 12.0. The standard InChI is InChI=1S/C21H39NO3/c1-7-16(14(4)5)11-10-12-19-21(22)20(24-15(6)23)13-17(8-2)18(9-3)25-19/h16-21H,4,7-13,22H2,1-3,5-6H3. The fraction of sp³-hybridized carbons (Fsp3) is 0.857. The van der Waals surface area contributed by atoms with Crippen LogP contribution in [-0.2, 0) is 14.3 Å². The quantitative estimate of drug-likeness (QED) is 0.485. The van der Waals surface area contributed by atoms with Crippen molar-refractivity contribution in [2.75, 3.05) is 0 Å². The summed E-state index contributed by atoms with van der Waals surface area (Å²) in [5, 5.41) is 0. The van der Waals surface area contributed by atoms with Crippen LogP contribution in [0, 0.1) is 11.8 Å². The number of carbonyl (C=O) groups excluding carboxylic acids is 1. The largest absolute Gasteiger partial charge is 0.461 e. The number of nitrogens with two attached hydrogens (primary N) is 1. The number of esters is 1. The van der Waals surface area contributed by atoms with Gasteiger partial charge in [0.15, 0.2) is 0 Å². The zero-order valence-electron chi connectivity index (χ0n) is 16.9. The summed E-state index contributed by atoms with van der Waals surface area (Å²) in [6, 6.07) is -0.251. The SMILES string of the molecule is C=C(C)C(CC)CCCC1OC(CC)C(CC)CC(OC(C)=O)C1N. The molecule has 0 saturated carbocycles. The first kappa shape index (κ1) is 22.2. The van der Waals surface area contributed by atoms with Crippen molar-refractivity contribution >= 4 is 5.97 Å². The first-order chi connectivity index (χ1) is 11.8. The van der Waals surface area contributed by atoms with E-state index in [1.165, 1.54) is 12.5 Å². The van der Waals surface area contributed by atoms with Gasteiger partial charge in [0.1, 0.15) is 6.10 Å². The Bertz CT molecular complexity index is 423. The van der Waals surface area contributed by atoms with Gasteiger partial charge in [-0.25, -0.2) is 0 Å². The maximum absolute atomic E-state index is 11.5. The molecule has 6 atom stereocenters. The number of rotatable bonds is 9. The molecule has 1 saturated heterocycles. The van der Waals surface area contributed by atoms with Crippen molar-refractivity contribution in [2.45, 2.75) is 104 Å². The van der Waals surface area contributed by atoms with Gasteiger partial charge in [0, 0.05) is 6.92 Å². The number of hydrogen-bond donors (Lipinski definition) is 1. The monoisotopic (exact) mass is 353 g/mol. The highest BCUT2D eigenvalue weighted by atomic mass is 16.5. The minimum atomic E-state index is -0.252. The van der Waals surface area contributed by atoms with Gasteiger partial charge in [-0.2, -0.15) is 0 Å². The second-order valence-corrected chi connectivity index (χ2v) is 7.63. The molecule has 1 aliphatic heterocycles. The third-order valence-corrected chi connectivity index (χ3v) is 5.74. The van der Waals surface area contributed by atoms with Gasteiger partial charge in [-0.3, -0.25) is 4.79 Å². The van der Waals surface area contributed by atoms with Crippen LogP contribution in [0.25, 0.3) is 0 Å². The van der Waals surface area contributed by atoms with E-state index in [9.17, 15) is 4.79 Å². The third-order valence-electron chi connectivity index (χ3n) is 5.74. The highest BCUT2D eigenvalue weighted by Crippen LogP contribution is 2.32. The van der Waals surface area contributed by atoms with Gasteiger partial charge in [-0.1, -0.05) is 45.8 Å². The Morgan fingerprint density at radius 3 is 2.40 bits per heavy atom. The molecule has 4 nitrogen and oxygen atoms in total. The zero-order valence-corrected chi connectivity index (χ0v) is 16.9. The number of ether oxygens (including phenoxy) is 2. The smallest absolute Gasteiger partial charge is 0.302 e. The van der Waals surface area contributed by atoms with E-state index >= 15 is 0 Å². The van der Waals surface area contributed by atoms with Crippen molar-refractivity contribution in [3.63, 3.8) is 0 Å². The predicted molar refractivity (Wildman–Crippen MR) is 103 cm³/mol. The summed E-state index contributed by atoms with van der Waals surface area (Å²) in [6.07, 6.45) is 6.91. The summed E-state index contributed by atoms with van der Waals surface area (Å²) in [7, 11) is 0. The normalized spacial score (nSPS) is 31.2. The molecule has 25 heavy (non-hydrogen) atoms.